The van der Waals surface area contributed by atoms with Crippen molar-refractivity contribution in [3.05, 3.63) is 55.0 Å². The lowest BCUT2D eigenvalue weighted by Crippen LogP contribution is -2.45. The summed E-state index contributed by atoms with van der Waals surface area (Å²) >= 11 is 0. The Morgan fingerprint density at radius 2 is 1.79 bits per heavy atom. The molecule has 1 aliphatic carbocycles. The number of hydrogen-bond acceptors (Lipinski definition) is 12. The molecule has 1 aliphatic heterocycles. The predicted molar refractivity (Wildman–Crippen MR) is 178 cm³/mol. The fraction of sp³-hybridized carbons (Fsp3) is 0.529. The van der Waals surface area contributed by atoms with Gasteiger partial charge in [-0.05, 0) is 57.2 Å². The molecule has 6 rings (SSSR count). The standard InChI is InChI=1S/C34H44N10O4/c1-24(10-13-45-3)48-33-31(21-44(41-33)30-8-6-29(7-9-30)42-11-14-46-15-12-42)40-34-37-18-28(19-38-34)26-4-5-27(17-35)32(16-26)47-25(2)20-43-23-36-22-39-43/h4-5,16,18-19,21-25,29-30H,6-15,20H2,1-3H3,(H,37,38,40)/t24?,25-,29?,30?/m0/s1. The summed E-state index contributed by atoms with van der Waals surface area (Å²) in [6.07, 6.45) is 13.5. The Kier molecular flexibility index (Phi) is 11.1. The molecule has 2 aliphatic rings. The zero-order valence-electron chi connectivity index (χ0n) is 27.9. The van der Waals surface area contributed by atoms with E-state index in [-0.39, 0.29) is 12.2 Å². The molecule has 0 amide bonds. The van der Waals surface area contributed by atoms with Gasteiger partial charge >= 0.3 is 0 Å². The van der Waals surface area contributed by atoms with Crippen LogP contribution >= 0.6 is 0 Å². The molecule has 1 unspecified atom stereocenters. The number of rotatable bonds is 14. The molecule has 4 heterocycles. The van der Waals surface area contributed by atoms with Crippen molar-refractivity contribution in [2.75, 3.05) is 45.3 Å². The highest BCUT2D eigenvalue weighted by Crippen LogP contribution is 2.35. The summed E-state index contributed by atoms with van der Waals surface area (Å²) in [6.45, 7) is 8.74. The van der Waals surface area contributed by atoms with Crippen LogP contribution in [0.25, 0.3) is 11.1 Å². The van der Waals surface area contributed by atoms with E-state index in [0.29, 0.717) is 48.4 Å². The third kappa shape index (κ3) is 8.46. The number of hydrogen-bond donors (Lipinski definition) is 1. The molecule has 1 aromatic carbocycles. The van der Waals surface area contributed by atoms with Crippen molar-refractivity contribution in [2.45, 2.75) is 76.8 Å². The van der Waals surface area contributed by atoms with E-state index in [1.807, 2.05) is 36.9 Å². The summed E-state index contributed by atoms with van der Waals surface area (Å²) in [5, 5.41) is 22.1. The highest BCUT2D eigenvalue weighted by Gasteiger charge is 2.29. The predicted octanol–water partition coefficient (Wildman–Crippen LogP) is 4.63. The lowest BCUT2D eigenvalue weighted by molar-refractivity contribution is 0.00500. The second-order valence-corrected chi connectivity index (χ2v) is 12.4. The van der Waals surface area contributed by atoms with Gasteiger partial charge in [-0.2, -0.15) is 10.4 Å². The molecule has 4 aromatic rings. The van der Waals surface area contributed by atoms with E-state index < -0.39 is 0 Å². The molecule has 1 saturated heterocycles. The van der Waals surface area contributed by atoms with Gasteiger partial charge in [-0.3, -0.25) is 9.58 Å². The second kappa shape index (κ2) is 16.0. The SMILES string of the molecule is COCCC(C)Oc1nn(C2CCC(N3CCOCC3)CC2)cc1Nc1ncc(-c2ccc(C#N)c(O[C@@H](C)Cn3cncn3)c2)cn1. The van der Waals surface area contributed by atoms with Gasteiger partial charge in [0.25, 0.3) is 5.88 Å². The molecule has 1 saturated carbocycles. The summed E-state index contributed by atoms with van der Waals surface area (Å²) in [6, 6.07) is 8.57. The molecule has 2 atom stereocenters. The Balaban J connectivity index is 1.15. The number of nitriles is 1. The van der Waals surface area contributed by atoms with E-state index in [0.717, 1.165) is 75.2 Å². The fourth-order valence-electron chi connectivity index (χ4n) is 6.30. The largest absolute Gasteiger partial charge is 0.487 e. The number of nitrogens with one attached hydrogen (secondary N) is 1. The third-order valence-corrected chi connectivity index (χ3v) is 8.91. The summed E-state index contributed by atoms with van der Waals surface area (Å²) in [4.78, 5) is 15.8. The normalized spacial score (nSPS) is 19.7. The molecule has 1 N–H and O–H groups in total. The van der Waals surface area contributed by atoms with Crippen molar-refractivity contribution in [3.8, 4) is 28.8 Å². The minimum atomic E-state index is -0.230. The molecule has 14 heteroatoms. The van der Waals surface area contributed by atoms with Crippen LogP contribution < -0.4 is 14.8 Å². The number of anilines is 2. The third-order valence-electron chi connectivity index (χ3n) is 8.91. The average Bonchev–Trinajstić information content (AvgIpc) is 3.78. The molecule has 48 heavy (non-hydrogen) atoms. The van der Waals surface area contributed by atoms with Gasteiger partial charge in [0.15, 0.2) is 0 Å². The smallest absolute Gasteiger partial charge is 0.257 e. The first-order chi connectivity index (χ1) is 23.5. The van der Waals surface area contributed by atoms with Crippen molar-refractivity contribution in [1.82, 2.24) is 39.4 Å². The van der Waals surface area contributed by atoms with Crippen molar-refractivity contribution in [2.24, 2.45) is 0 Å². The van der Waals surface area contributed by atoms with Crippen LogP contribution in [0, 0.1) is 11.3 Å². The van der Waals surface area contributed by atoms with Crippen LogP contribution in [0.5, 0.6) is 11.6 Å². The highest BCUT2D eigenvalue weighted by atomic mass is 16.5. The van der Waals surface area contributed by atoms with Gasteiger partial charge in [0, 0.05) is 57.2 Å². The van der Waals surface area contributed by atoms with Crippen LogP contribution in [-0.4, -0.2) is 97.7 Å². The van der Waals surface area contributed by atoms with Gasteiger partial charge in [0.2, 0.25) is 5.95 Å². The maximum atomic E-state index is 9.68. The Morgan fingerprint density at radius 1 is 1.02 bits per heavy atom. The van der Waals surface area contributed by atoms with Crippen molar-refractivity contribution >= 4 is 11.6 Å². The second-order valence-electron chi connectivity index (χ2n) is 12.4. The molecular weight excluding hydrogens is 612 g/mol. The minimum Gasteiger partial charge on any atom is -0.487 e. The van der Waals surface area contributed by atoms with Crippen LogP contribution in [0.4, 0.5) is 11.6 Å². The molecule has 0 radical (unpaired) electrons. The number of nitrogens with zero attached hydrogens (tertiary/aromatic N) is 9. The van der Waals surface area contributed by atoms with E-state index in [9.17, 15) is 5.26 Å². The van der Waals surface area contributed by atoms with Crippen molar-refractivity contribution in [3.63, 3.8) is 0 Å². The van der Waals surface area contributed by atoms with Crippen molar-refractivity contribution < 1.29 is 18.9 Å². The highest BCUT2D eigenvalue weighted by molar-refractivity contribution is 5.67. The monoisotopic (exact) mass is 656 g/mol. The van der Waals surface area contributed by atoms with E-state index in [1.54, 1.807) is 36.6 Å². The van der Waals surface area contributed by atoms with Crippen LogP contribution in [0.3, 0.4) is 0 Å². The fourth-order valence-corrected chi connectivity index (χ4v) is 6.30. The quantitative estimate of drug-likeness (QED) is 0.202. The Labute approximate surface area is 281 Å². The summed E-state index contributed by atoms with van der Waals surface area (Å²) < 4.78 is 27.0. The molecular formula is C34H44N10O4. The van der Waals surface area contributed by atoms with Gasteiger partial charge in [0.1, 0.15) is 36.3 Å². The van der Waals surface area contributed by atoms with Crippen molar-refractivity contribution in [1.29, 1.82) is 5.26 Å². The molecule has 0 bridgehead atoms. The molecule has 3 aromatic heterocycles. The molecule has 0 spiro atoms. The first kappa shape index (κ1) is 33.3. The Hall–Kier alpha value is -4.58. The maximum absolute atomic E-state index is 9.68. The number of benzene rings is 1. The zero-order valence-corrected chi connectivity index (χ0v) is 27.9. The van der Waals surface area contributed by atoms with E-state index in [1.165, 1.54) is 6.33 Å². The van der Waals surface area contributed by atoms with Crippen LogP contribution in [0.1, 0.15) is 57.6 Å². The van der Waals surface area contributed by atoms with Crippen LogP contribution in [-0.2, 0) is 16.0 Å². The first-order valence-corrected chi connectivity index (χ1v) is 16.7. The van der Waals surface area contributed by atoms with Gasteiger partial charge in [-0.1, -0.05) is 6.07 Å². The Morgan fingerprint density at radius 3 is 2.50 bits per heavy atom. The topological polar surface area (TPSA) is 150 Å². The lowest BCUT2D eigenvalue weighted by atomic mass is 9.90. The van der Waals surface area contributed by atoms with Gasteiger partial charge < -0.3 is 24.3 Å². The number of morpholine rings is 1. The van der Waals surface area contributed by atoms with Crippen LogP contribution in [0.2, 0.25) is 0 Å². The molecule has 2 fully saturated rings. The average molecular weight is 657 g/mol. The maximum Gasteiger partial charge on any atom is 0.257 e. The lowest BCUT2D eigenvalue weighted by Gasteiger charge is -2.38. The number of aromatic nitrogens is 7. The summed E-state index contributed by atoms with van der Waals surface area (Å²) in [5.74, 6) is 1.44. The van der Waals surface area contributed by atoms with E-state index >= 15 is 0 Å². The first-order valence-electron chi connectivity index (χ1n) is 16.7. The minimum absolute atomic E-state index is 0.0825. The van der Waals surface area contributed by atoms with E-state index in [2.05, 4.69) is 36.3 Å². The Bertz CT molecular complexity index is 1620. The zero-order chi connectivity index (χ0) is 33.3. The van der Waals surface area contributed by atoms with Gasteiger partial charge in [-0.25, -0.2) is 19.6 Å². The molecule has 254 valence electrons. The summed E-state index contributed by atoms with van der Waals surface area (Å²) in [5.41, 5.74) is 2.79. The summed E-state index contributed by atoms with van der Waals surface area (Å²) in [7, 11) is 1.69. The van der Waals surface area contributed by atoms with E-state index in [4.69, 9.17) is 24.0 Å². The van der Waals surface area contributed by atoms with Gasteiger partial charge in [0.05, 0.1) is 43.7 Å². The molecule has 14 nitrogen and oxygen atoms in total. The van der Waals surface area contributed by atoms with Gasteiger partial charge in [-0.15, -0.1) is 5.10 Å². The number of ether oxygens (including phenoxy) is 4. The number of methoxy groups -OCH3 is 1. The van der Waals surface area contributed by atoms with Crippen LogP contribution in [0.15, 0.2) is 49.4 Å².